The summed E-state index contributed by atoms with van der Waals surface area (Å²) in [7, 11) is 0. The summed E-state index contributed by atoms with van der Waals surface area (Å²) in [5.74, 6) is 2.64. The Labute approximate surface area is 92.8 Å². The van der Waals surface area contributed by atoms with E-state index in [1.54, 1.807) is 0 Å². The third kappa shape index (κ3) is 3.49. The molecule has 1 aliphatic rings. The van der Waals surface area contributed by atoms with Crippen molar-refractivity contribution in [2.75, 3.05) is 19.7 Å². The number of nitrogens with one attached hydrogen (secondary N) is 1. The molecule has 1 fully saturated rings. The summed E-state index contributed by atoms with van der Waals surface area (Å²) in [4.78, 5) is 0. The van der Waals surface area contributed by atoms with Crippen LogP contribution in [0, 0.1) is 12.3 Å². The molecule has 0 aliphatic carbocycles. The number of hydrogen-bond acceptors (Lipinski definition) is 3. The van der Waals surface area contributed by atoms with Crippen LogP contribution in [0.2, 0.25) is 0 Å². The standard InChI is InChI=1S/C12H22N2O/c1-3-5-7-14-12(10-13)6-8-15-11(4-2)9-12/h1,11,14H,4-10,13H2,2H3. The molecular weight excluding hydrogens is 188 g/mol. The second kappa shape index (κ2) is 6.12. The molecule has 0 aromatic heterocycles. The van der Waals surface area contributed by atoms with Crippen LogP contribution in [0.4, 0.5) is 0 Å². The molecule has 1 rings (SSSR count). The molecule has 0 aromatic rings. The monoisotopic (exact) mass is 210 g/mol. The van der Waals surface area contributed by atoms with E-state index in [4.69, 9.17) is 16.9 Å². The molecule has 1 aliphatic heterocycles. The largest absolute Gasteiger partial charge is 0.378 e. The normalized spacial score (nSPS) is 31.1. The second-order valence-corrected chi connectivity index (χ2v) is 4.22. The summed E-state index contributed by atoms with van der Waals surface area (Å²) in [5, 5.41) is 3.50. The fraction of sp³-hybridized carbons (Fsp3) is 0.833. The lowest BCUT2D eigenvalue weighted by molar-refractivity contribution is -0.0276. The van der Waals surface area contributed by atoms with Crippen LogP contribution in [-0.4, -0.2) is 31.3 Å². The van der Waals surface area contributed by atoms with Gasteiger partial charge in [-0.1, -0.05) is 6.92 Å². The van der Waals surface area contributed by atoms with Gasteiger partial charge in [-0.3, -0.25) is 0 Å². The lowest BCUT2D eigenvalue weighted by Crippen LogP contribution is -2.56. The average molecular weight is 210 g/mol. The molecule has 0 radical (unpaired) electrons. The predicted molar refractivity (Wildman–Crippen MR) is 62.5 cm³/mol. The van der Waals surface area contributed by atoms with Gasteiger partial charge in [-0.05, 0) is 19.3 Å². The van der Waals surface area contributed by atoms with E-state index >= 15 is 0 Å². The fourth-order valence-electron chi connectivity index (χ4n) is 2.10. The average Bonchev–Trinajstić information content (AvgIpc) is 2.30. The first-order valence-electron chi connectivity index (χ1n) is 5.76. The van der Waals surface area contributed by atoms with E-state index < -0.39 is 0 Å². The van der Waals surface area contributed by atoms with Gasteiger partial charge in [0, 0.05) is 31.7 Å². The Bertz CT molecular complexity index is 224. The van der Waals surface area contributed by atoms with Gasteiger partial charge in [-0.25, -0.2) is 0 Å². The van der Waals surface area contributed by atoms with Gasteiger partial charge in [-0.15, -0.1) is 12.3 Å². The molecule has 0 saturated carbocycles. The molecule has 2 unspecified atom stereocenters. The summed E-state index contributed by atoms with van der Waals surface area (Å²) in [6.07, 6.45) is 9.40. The van der Waals surface area contributed by atoms with Crippen molar-refractivity contribution in [3.63, 3.8) is 0 Å². The van der Waals surface area contributed by atoms with Crippen LogP contribution < -0.4 is 11.1 Å². The Morgan fingerprint density at radius 2 is 2.47 bits per heavy atom. The molecule has 2 atom stereocenters. The van der Waals surface area contributed by atoms with Crippen LogP contribution in [0.15, 0.2) is 0 Å². The molecule has 0 amide bonds. The van der Waals surface area contributed by atoms with Gasteiger partial charge >= 0.3 is 0 Å². The lowest BCUT2D eigenvalue weighted by atomic mass is 9.85. The van der Waals surface area contributed by atoms with Crippen molar-refractivity contribution < 1.29 is 4.74 Å². The Hall–Kier alpha value is -0.560. The van der Waals surface area contributed by atoms with Crippen molar-refractivity contribution in [2.45, 2.75) is 44.2 Å². The van der Waals surface area contributed by atoms with Crippen LogP contribution >= 0.6 is 0 Å². The summed E-state index contributed by atoms with van der Waals surface area (Å²) in [5.41, 5.74) is 5.92. The van der Waals surface area contributed by atoms with E-state index in [1.807, 2.05) is 0 Å². The Morgan fingerprint density at radius 1 is 1.67 bits per heavy atom. The Morgan fingerprint density at radius 3 is 3.07 bits per heavy atom. The number of hydrogen-bond donors (Lipinski definition) is 2. The zero-order valence-electron chi connectivity index (χ0n) is 9.59. The molecule has 3 heteroatoms. The maximum absolute atomic E-state index is 5.87. The minimum atomic E-state index is 0.0514. The highest BCUT2D eigenvalue weighted by Crippen LogP contribution is 2.25. The zero-order valence-corrected chi connectivity index (χ0v) is 9.59. The van der Waals surface area contributed by atoms with Crippen LogP contribution in [0.5, 0.6) is 0 Å². The molecule has 0 aromatic carbocycles. The maximum atomic E-state index is 5.87. The van der Waals surface area contributed by atoms with Gasteiger partial charge < -0.3 is 15.8 Å². The van der Waals surface area contributed by atoms with Gasteiger partial charge in [0.15, 0.2) is 0 Å². The van der Waals surface area contributed by atoms with Gasteiger partial charge in [0.1, 0.15) is 0 Å². The van der Waals surface area contributed by atoms with Gasteiger partial charge in [0.2, 0.25) is 0 Å². The van der Waals surface area contributed by atoms with E-state index in [-0.39, 0.29) is 5.54 Å². The first-order valence-corrected chi connectivity index (χ1v) is 5.76. The fourth-order valence-corrected chi connectivity index (χ4v) is 2.10. The Balaban J connectivity index is 2.47. The lowest BCUT2D eigenvalue weighted by Gasteiger charge is -2.40. The molecule has 1 saturated heterocycles. The van der Waals surface area contributed by atoms with Crippen molar-refractivity contribution in [2.24, 2.45) is 5.73 Å². The number of rotatable bonds is 5. The van der Waals surface area contributed by atoms with Crippen molar-refractivity contribution in [3.8, 4) is 12.3 Å². The molecule has 3 nitrogen and oxygen atoms in total. The number of ether oxygens (including phenoxy) is 1. The molecule has 0 spiro atoms. The number of nitrogens with two attached hydrogens (primary N) is 1. The minimum Gasteiger partial charge on any atom is -0.378 e. The minimum absolute atomic E-state index is 0.0514. The third-order valence-corrected chi connectivity index (χ3v) is 3.17. The van der Waals surface area contributed by atoms with Gasteiger partial charge in [-0.2, -0.15) is 0 Å². The van der Waals surface area contributed by atoms with Gasteiger partial charge in [0.25, 0.3) is 0 Å². The highest BCUT2D eigenvalue weighted by atomic mass is 16.5. The van der Waals surface area contributed by atoms with E-state index in [0.717, 1.165) is 38.8 Å². The Kier molecular flexibility index (Phi) is 5.10. The van der Waals surface area contributed by atoms with Crippen molar-refractivity contribution >= 4 is 0 Å². The zero-order chi connectivity index (χ0) is 11.1. The van der Waals surface area contributed by atoms with Crippen LogP contribution in [-0.2, 0) is 4.74 Å². The summed E-state index contributed by atoms with van der Waals surface area (Å²) in [6.45, 7) is 4.47. The molecule has 86 valence electrons. The molecular formula is C12H22N2O. The first kappa shape index (κ1) is 12.5. The predicted octanol–water partition coefficient (Wildman–Crippen LogP) is 0.886. The molecule has 0 bridgehead atoms. The van der Waals surface area contributed by atoms with Crippen LogP contribution in [0.3, 0.4) is 0 Å². The smallest absolute Gasteiger partial charge is 0.0590 e. The van der Waals surface area contributed by atoms with Crippen LogP contribution in [0.1, 0.15) is 32.6 Å². The van der Waals surface area contributed by atoms with Gasteiger partial charge in [0.05, 0.1) is 6.10 Å². The van der Waals surface area contributed by atoms with E-state index in [1.165, 1.54) is 0 Å². The second-order valence-electron chi connectivity index (χ2n) is 4.22. The molecule has 15 heavy (non-hydrogen) atoms. The SMILES string of the molecule is C#CCCNC1(CN)CCOC(CC)C1. The van der Waals surface area contributed by atoms with Crippen LogP contribution in [0.25, 0.3) is 0 Å². The third-order valence-electron chi connectivity index (χ3n) is 3.17. The first-order chi connectivity index (χ1) is 7.26. The summed E-state index contributed by atoms with van der Waals surface area (Å²) in [6, 6.07) is 0. The summed E-state index contributed by atoms with van der Waals surface area (Å²) < 4.78 is 5.65. The molecule has 1 heterocycles. The highest BCUT2D eigenvalue weighted by molar-refractivity contribution is 4.95. The number of terminal acetylenes is 1. The topological polar surface area (TPSA) is 47.3 Å². The van der Waals surface area contributed by atoms with Crippen molar-refractivity contribution in [1.29, 1.82) is 0 Å². The quantitative estimate of drug-likeness (QED) is 0.523. The van der Waals surface area contributed by atoms with Crippen molar-refractivity contribution in [3.05, 3.63) is 0 Å². The van der Waals surface area contributed by atoms with Crippen molar-refractivity contribution in [1.82, 2.24) is 5.32 Å². The highest BCUT2D eigenvalue weighted by Gasteiger charge is 2.34. The van der Waals surface area contributed by atoms with E-state index in [0.29, 0.717) is 12.6 Å². The van der Waals surface area contributed by atoms with E-state index in [2.05, 4.69) is 18.2 Å². The van der Waals surface area contributed by atoms with E-state index in [9.17, 15) is 0 Å². The maximum Gasteiger partial charge on any atom is 0.0590 e. The summed E-state index contributed by atoms with van der Waals surface area (Å²) >= 11 is 0. The molecule has 3 N–H and O–H groups in total.